The van der Waals surface area contributed by atoms with Crippen molar-refractivity contribution >= 4 is 110 Å². The number of carboxylic acid groups (broad SMARTS) is 1. The molecule has 14 nitrogen and oxygen atoms in total. The van der Waals surface area contributed by atoms with Crippen molar-refractivity contribution in [2.24, 2.45) is 0 Å². The number of H-pyrrole nitrogens is 1. The second-order valence-corrected chi connectivity index (χ2v) is 19.6. The van der Waals surface area contributed by atoms with Crippen LogP contribution in [0.1, 0.15) is 72.7 Å². The zero-order valence-electron chi connectivity index (χ0n) is 43.3. The van der Waals surface area contributed by atoms with Gasteiger partial charge in [-0.3, -0.25) is 24.3 Å². The average Bonchev–Trinajstić information content (AvgIpc) is 3.87. The molecule has 0 fully saturated rings. The van der Waals surface area contributed by atoms with Crippen LogP contribution in [0.2, 0.25) is 25.8 Å². The fraction of sp³-hybridized carbons (Fsp3) is 0.0820. The first-order valence-corrected chi connectivity index (χ1v) is 26.1. The van der Waals surface area contributed by atoms with Gasteiger partial charge in [-0.1, -0.05) is 172 Å². The highest BCUT2D eigenvalue weighted by molar-refractivity contribution is 6.36. The van der Waals surface area contributed by atoms with Crippen LogP contribution in [-0.2, 0) is 9.59 Å². The van der Waals surface area contributed by atoms with Gasteiger partial charge < -0.3 is 15.7 Å². The van der Waals surface area contributed by atoms with E-state index in [0.29, 0.717) is 39.3 Å². The minimum absolute atomic E-state index is 0.0453. The van der Waals surface area contributed by atoms with Gasteiger partial charge in [0.2, 0.25) is 11.8 Å². The number of halogens is 5. The van der Waals surface area contributed by atoms with Crippen LogP contribution < -0.4 is 10.6 Å². The van der Waals surface area contributed by atoms with Crippen LogP contribution in [0.25, 0.3) is 44.8 Å². The van der Waals surface area contributed by atoms with Crippen molar-refractivity contribution in [3.8, 4) is 33.8 Å². The Balaban J connectivity index is 0.000000161. The number of carboxylic acids is 1. The zero-order valence-corrected chi connectivity index (χ0v) is 47.1. The molecule has 0 aliphatic carbocycles. The van der Waals surface area contributed by atoms with E-state index in [9.17, 15) is 24.0 Å². The summed E-state index contributed by atoms with van der Waals surface area (Å²) in [5.41, 5.74) is 12.5. The van der Waals surface area contributed by atoms with Crippen molar-refractivity contribution in [1.82, 2.24) is 30.1 Å². The molecule has 0 atom stereocenters. The first-order valence-electron chi connectivity index (χ1n) is 24.2. The van der Waals surface area contributed by atoms with Gasteiger partial charge >= 0.3 is 5.97 Å². The minimum atomic E-state index is -1.11. The van der Waals surface area contributed by atoms with E-state index in [4.69, 9.17) is 63.1 Å². The van der Waals surface area contributed by atoms with Crippen molar-refractivity contribution in [2.45, 2.75) is 34.6 Å². The monoisotopic (exact) mass is 1160 g/mol. The summed E-state index contributed by atoms with van der Waals surface area (Å²) in [7, 11) is 0. The SMILES string of the molecule is CC(=O)Nc1cccc(-c2ccc(C(=O)c3ccc(C)cc3)c(Cl)n2)c1.CC(=O)Nc1cccc(-c2ccc3c(-c4ccc(C)cc4)[nH]nc3n2)c1.Cc1ccc(C(=O)c2ccc(Cl)nc2Cl)cc1.O=C(O)c1ccc(Cl)nc1Cl. The Bertz CT molecular complexity index is 3910. The Kier molecular flexibility index (Phi) is 20.1. The van der Waals surface area contributed by atoms with E-state index in [2.05, 4.69) is 72.0 Å². The predicted octanol–water partition coefficient (Wildman–Crippen LogP) is 15.5. The first-order chi connectivity index (χ1) is 38.2. The number of carbonyl (C=O) groups is 5. The summed E-state index contributed by atoms with van der Waals surface area (Å²) in [5.74, 6) is -1.67. The predicted molar refractivity (Wildman–Crippen MR) is 317 cm³/mol. The number of aryl methyl sites for hydroxylation is 3. The Morgan fingerprint density at radius 1 is 0.450 bits per heavy atom. The summed E-state index contributed by atoms with van der Waals surface area (Å²) in [6.45, 7) is 8.94. The second kappa shape index (κ2) is 27.3. The molecule has 402 valence electrons. The van der Waals surface area contributed by atoms with E-state index >= 15 is 0 Å². The van der Waals surface area contributed by atoms with Crippen LogP contribution in [0.15, 0.2) is 170 Å². The molecular formula is C61H47Cl5N8O6. The highest BCUT2D eigenvalue weighted by Gasteiger charge is 2.17. The van der Waals surface area contributed by atoms with Crippen LogP contribution in [0.5, 0.6) is 0 Å². The molecule has 0 radical (unpaired) electrons. The van der Waals surface area contributed by atoms with Gasteiger partial charge in [0, 0.05) is 58.4 Å². The molecular weight excluding hydrogens is 1120 g/mol. The van der Waals surface area contributed by atoms with Crippen molar-refractivity contribution in [2.75, 3.05) is 10.6 Å². The number of anilines is 2. The van der Waals surface area contributed by atoms with Crippen molar-refractivity contribution < 1.29 is 29.1 Å². The Hall–Kier alpha value is -8.63. The smallest absolute Gasteiger partial charge is 0.338 e. The number of hydrogen-bond donors (Lipinski definition) is 4. The molecule has 0 aliphatic rings. The van der Waals surface area contributed by atoms with E-state index in [1.54, 1.807) is 54.6 Å². The molecule has 80 heavy (non-hydrogen) atoms. The van der Waals surface area contributed by atoms with Crippen molar-refractivity contribution in [3.05, 3.63) is 240 Å². The van der Waals surface area contributed by atoms with Crippen LogP contribution in [0.4, 0.5) is 11.4 Å². The number of nitrogens with zero attached hydrogens (tertiary/aromatic N) is 5. The van der Waals surface area contributed by atoms with E-state index in [1.165, 1.54) is 31.5 Å². The van der Waals surface area contributed by atoms with E-state index in [1.807, 2.05) is 92.7 Å². The zero-order chi connectivity index (χ0) is 57.6. The van der Waals surface area contributed by atoms with E-state index < -0.39 is 5.97 Å². The normalized spacial score (nSPS) is 10.4. The number of hydrogen-bond acceptors (Lipinski definition) is 10. The molecule has 2 amide bonds. The summed E-state index contributed by atoms with van der Waals surface area (Å²) in [6, 6.07) is 51.1. The van der Waals surface area contributed by atoms with Crippen molar-refractivity contribution in [1.29, 1.82) is 0 Å². The number of fused-ring (bicyclic) bond motifs is 1. The lowest BCUT2D eigenvalue weighted by molar-refractivity contribution is -0.115. The number of pyridine rings is 4. The maximum Gasteiger partial charge on any atom is 0.338 e. The number of rotatable bonds is 10. The molecule has 19 heteroatoms. The number of aromatic carboxylic acids is 1. The van der Waals surface area contributed by atoms with Gasteiger partial charge in [-0.05, 0) is 93.6 Å². The number of amides is 2. The molecule has 5 aromatic heterocycles. The van der Waals surface area contributed by atoms with Gasteiger partial charge in [0.15, 0.2) is 17.2 Å². The second-order valence-electron chi connectivity index (χ2n) is 17.7. The largest absolute Gasteiger partial charge is 0.478 e. The van der Waals surface area contributed by atoms with Crippen molar-refractivity contribution in [3.63, 3.8) is 0 Å². The lowest BCUT2D eigenvalue weighted by atomic mass is 10.0. The summed E-state index contributed by atoms with van der Waals surface area (Å²) in [6.07, 6.45) is 0. The first kappa shape index (κ1) is 59.0. The van der Waals surface area contributed by atoms with Gasteiger partial charge in [0.05, 0.1) is 33.8 Å². The van der Waals surface area contributed by atoms with E-state index in [0.717, 1.165) is 50.3 Å². The lowest BCUT2D eigenvalue weighted by Gasteiger charge is -2.08. The molecule has 10 aromatic rings. The molecule has 0 saturated carbocycles. The number of aromatic nitrogens is 6. The number of aromatic amines is 1. The number of ketones is 2. The number of nitrogens with one attached hydrogen (secondary N) is 3. The average molecular weight is 1170 g/mol. The van der Waals surface area contributed by atoms with Gasteiger partial charge in [-0.15, -0.1) is 0 Å². The Morgan fingerprint density at radius 3 is 1.30 bits per heavy atom. The quantitative estimate of drug-likeness (QED) is 0.0747. The maximum absolute atomic E-state index is 12.6. The van der Waals surface area contributed by atoms with Crippen LogP contribution >= 0.6 is 58.0 Å². The molecule has 4 N–H and O–H groups in total. The summed E-state index contributed by atoms with van der Waals surface area (Å²) in [5, 5.41) is 23.1. The maximum atomic E-state index is 12.6. The highest BCUT2D eigenvalue weighted by Crippen LogP contribution is 2.30. The summed E-state index contributed by atoms with van der Waals surface area (Å²) >= 11 is 28.7. The summed E-state index contributed by atoms with van der Waals surface area (Å²) < 4.78 is 0. The number of carbonyl (C=O) groups excluding carboxylic acids is 4. The van der Waals surface area contributed by atoms with Crippen LogP contribution in [-0.4, -0.2) is 64.6 Å². The van der Waals surface area contributed by atoms with E-state index in [-0.39, 0.29) is 54.7 Å². The standard InChI is InChI=1S/C21H17ClN2O2.C21H18N4O.C13H9Cl2NO.C6H3Cl2NO2/c1-13-6-8-15(9-7-13)20(26)18-10-11-19(24-21(18)22)16-4-3-5-17(12-16)23-14(2)25;1-13-6-8-15(9-7-13)20-18-10-11-19(23-21(18)25-24-20)16-4-3-5-17(12-16)22-14(2)26;1-8-2-4-9(5-3-8)12(17)10-6-7-11(14)16-13(10)15;7-4-2-1-3(6(10)11)5(8)9-4/h3-12H,1-2H3,(H,23,25);3-12H,1-2H3,(H,22,26)(H,23,24,25);2-7H,1H3;1-2H,(H,10,11). The fourth-order valence-electron chi connectivity index (χ4n) is 7.56. The number of benzene rings is 5. The third-order valence-electron chi connectivity index (χ3n) is 11.5. The van der Waals surface area contributed by atoms with Crippen LogP contribution in [0, 0.1) is 20.8 Å². The molecule has 10 rings (SSSR count). The molecule has 5 aromatic carbocycles. The molecule has 0 saturated heterocycles. The third-order valence-corrected chi connectivity index (χ3v) is 12.8. The minimum Gasteiger partial charge on any atom is -0.478 e. The Labute approximate surface area is 485 Å². The van der Waals surface area contributed by atoms with Gasteiger partial charge in [-0.25, -0.2) is 24.7 Å². The van der Waals surface area contributed by atoms with Gasteiger partial charge in [0.25, 0.3) is 0 Å². The lowest BCUT2D eigenvalue weighted by Crippen LogP contribution is -2.06. The molecule has 0 unspecified atom stereocenters. The molecule has 0 spiro atoms. The van der Waals surface area contributed by atoms with Gasteiger partial charge in [0.1, 0.15) is 25.8 Å². The molecule has 5 heterocycles. The van der Waals surface area contributed by atoms with Gasteiger partial charge in [-0.2, -0.15) is 5.10 Å². The van der Waals surface area contributed by atoms with Crippen LogP contribution in [0.3, 0.4) is 0 Å². The fourth-order valence-corrected chi connectivity index (χ4v) is 8.65. The highest BCUT2D eigenvalue weighted by atomic mass is 35.5. The third kappa shape index (κ3) is 16.0. The topological polar surface area (TPSA) is 210 Å². The molecule has 0 aliphatic heterocycles. The molecule has 0 bridgehead atoms. The Morgan fingerprint density at radius 2 is 0.863 bits per heavy atom. The summed E-state index contributed by atoms with van der Waals surface area (Å²) in [4.78, 5) is 74.0.